The van der Waals surface area contributed by atoms with Crippen molar-refractivity contribution >= 4 is 28.3 Å². The van der Waals surface area contributed by atoms with E-state index < -0.39 is 6.04 Å². The van der Waals surface area contributed by atoms with Crippen molar-refractivity contribution in [3.05, 3.63) is 5.01 Å². The van der Waals surface area contributed by atoms with E-state index >= 15 is 0 Å². The molecule has 0 unspecified atom stereocenters. The summed E-state index contributed by atoms with van der Waals surface area (Å²) in [6.07, 6.45) is 0. The van der Waals surface area contributed by atoms with Crippen molar-refractivity contribution in [1.82, 2.24) is 15.5 Å². The van der Waals surface area contributed by atoms with Crippen molar-refractivity contribution < 1.29 is 9.59 Å². The van der Waals surface area contributed by atoms with E-state index in [9.17, 15) is 9.59 Å². The summed E-state index contributed by atoms with van der Waals surface area (Å²) in [6, 6.07) is -0.619. The molecule has 1 aromatic heterocycles. The highest BCUT2D eigenvalue weighted by Gasteiger charge is 2.21. The van der Waals surface area contributed by atoms with Crippen molar-refractivity contribution in [2.24, 2.45) is 11.7 Å². The number of hydrogen-bond donors (Lipinski definition) is 3. The first kappa shape index (κ1) is 17.5. The van der Waals surface area contributed by atoms with Crippen LogP contribution in [0.5, 0.6) is 0 Å². The predicted octanol–water partition coefficient (Wildman–Crippen LogP) is 0.874. The summed E-state index contributed by atoms with van der Waals surface area (Å²) in [5, 5.41) is 14.3. The third kappa shape index (κ3) is 5.39. The molecule has 1 heterocycles. The van der Waals surface area contributed by atoms with E-state index in [2.05, 4.69) is 20.8 Å². The number of rotatable bonds is 5. The summed E-state index contributed by atoms with van der Waals surface area (Å²) in [5.74, 6) is -0.672. The van der Waals surface area contributed by atoms with Crippen molar-refractivity contribution in [2.75, 3.05) is 11.9 Å². The molecular formula is C13H23N5O2S. The van der Waals surface area contributed by atoms with Crippen LogP contribution in [0, 0.1) is 5.92 Å². The fourth-order valence-electron chi connectivity index (χ4n) is 1.33. The Labute approximate surface area is 128 Å². The maximum absolute atomic E-state index is 11.7. The number of carbonyl (C=O) groups is 2. The normalized spacial score (nSPS) is 13.1. The number of hydrogen-bond acceptors (Lipinski definition) is 6. The van der Waals surface area contributed by atoms with E-state index in [1.807, 2.05) is 34.6 Å². The van der Waals surface area contributed by atoms with E-state index in [4.69, 9.17) is 5.73 Å². The van der Waals surface area contributed by atoms with E-state index in [0.29, 0.717) is 5.13 Å². The Morgan fingerprint density at radius 3 is 2.38 bits per heavy atom. The lowest BCUT2D eigenvalue weighted by Crippen LogP contribution is -2.46. The molecule has 0 spiro atoms. The van der Waals surface area contributed by atoms with E-state index in [0.717, 1.165) is 5.01 Å². The summed E-state index contributed by atoms with van der Waals surface area (Å²) in [5.41, 5.74) is 5.57. The minimum absolute atomic E-state index is 0.0190. The second-order valence-corrected chi connectivity index (χ2v) is 7.18. The molecule has 1 rings (SSSR count). The van der Waals surface area contributed by atoms with Crippen molar-refractivity contribution in [2.45, 2.75) is 46.1 Å². The minimum Gasteiger partial charge on any atom is -0.346 e. The van der Waals surface area contributed by atoms with Crippen LogP contribution in [0.25, 0.3) is 0 Å². The van der Waals surface area contributed by atoms with Gasteiger partial charge in [0.2, 0.25) is 16.9 Å². The number of nitrogens with two attached hydrogens (primary N) is 1. The zero-order chi connectivity index (χ0) is 16.2. The maximum atomic E-state index is 11.7. The van der Waals surface area contributed by atoms with Gasteiger partial charge in [-0.2, -0.15) is 0 Å². The fourth-order valence-corrected chi connectivity index (χ4v) is 2.15. The van der Waals surface area contributed by atoms with Gasteiger partial charge in [-0.1, -0.05) is 46.0 Å². The van der Waals surface area contributed by atoms with Crippen LogP contribution in [0.2, 0.25) is 0 Å². The van der Waals surface area contributed by atoms with Gasteiger partial charge in [0, 0.05) is 5.41 Å². The fraction of sp³-hybridized carbons (Fsp3) is 0.692. The van der Waals surface area contributed by atoms with Gasteiger partial charge in [-0.05, 0) is 5.92 Å². The van der Waals surface area contributed by atoms with Gasteiger partial charge < -0.3 is 11.1 Å². The average molecular weight is 313 g/mol. The molecule has 0 radical (unpaired) electrons. The second-order valence-electron chi connectivity index (χ2n) is 6.20. The second kappa shape index (κ2) is 6.95. The number of aromatic nitrogens is 2. The third-order valence-corrected chi connectivity index (χ3v) is 4.02. The van der Waals surface area contributed by atoms with Crippen molar-refractivity contribution in [3.63, 3.8) is 0 Å². The van der Waals surface area contributed by atoms with E-state index in [-0.39, 0.29) is 29.7 Å². The zero-order valence-corrected chi connectivity index (χ0v) is 13.9. The summed E-state index contributed by atoms with van der Waals surface area (Å²) in [4.78, 5) is 23.4. The summed E-state index contributed by atoms with van der Waals surface area (Å²) >= 11 is 1.32. The molecule has 1 aromatic rings. The number of carbonyl (C=O) groups excluding carboxylic acids is 2. The topological polar surface area (TPSA) is 110 Å². The van der Waals surface area contributed by atoms with Crippen LogP contribution in [0.1, 0.15) is 39.6 Å². The number of anilines is 1. The van der Waals surface area contributed by atoms with E-state index in [1.165, 1.54) is 11.3 Å². The Morgan fingerprint density at radius 1 is 1.29 bits per heavy atom. The Balaban J connectivity index is 2.48. The molecule has 0 fully saturated rings. The smallest absolute Gasteiger partial charge is 0.245 e. The lowest BCUT2D eigenvalue weighted by molar-refractivity contribution is -0.125. The highest BCUT2D eigenvalue weighted by molar-refractivity contribution is 7.15. The van der Waals surface area contributed by atoms with Crippen LogP contribution >= 0.6 is 11.3 Å². The van der Waals surface area contributed by atoms with Crippen LogP contribution < -0.4 is 16.4 Å². The summed E-state index contributed by atoms with van der Waals surface area (Å²) in [7, 11) is 0. The average Bonchev–Trinajstić information content (AvgIpc) is 2.83. The molecule has 0 bridgehead atoms. The Kier molecular flexibility index (Phi) is 5.79. The molecule has 0 aliphatic heterocycles. The van der Waals surface area contributed by atoms with Crippen LogP contribution in [0.3, 0.4) is 0 Å². The maximum Gasteiger partial charge on any atom is 0.245 e. The monoisotopic (exact) mass is 313 g/mol. The molecule has 2 amide bonds. The number of nitrogens with one attached hydrogen (secondary N) is 2. The van der Waals surface area contributed by atoms with Gasteiger partial charge in [-0.25, -0.2) is 0 Å². The molecule has 118 valence electrons. The predicted molar refractivity (Wildman–Crippen MR) is 83.1 cm³/mol. The molecular weight excluding hydrogens is 290 g/mol. The summed E-state index contributed by atoms with van der Waals surface area (Å²) in [6.45, 7) is 9.62. The number of amides is 2. The van der Waals surface area contributed by atoms with Gasteiger partial charge in [0.15, 0.2) is 0 Å². The zero-order valence-electron chi connectivity index (χ0n) is 13.1. The van der Waals surface area contributed by atoms with Gasteiger partial charge in [0.05, 0.1) is 12.6 Å². The van der Waals surface area contributed by atoms with Gasteiger partial charge in [-0.3, -0.25) is 14.9 Å². The molecule has 7 nitrogen and oxygen atoms in total. The van der Waals surface area contributed by atoms with Crippen molar-refractivity contribution in [1.29, 1.82) is 0 Å². The first-order valence-corrected chi connectivity index (χ1v) is 7.60. The van der Waals surface area contributed by atoms with Gasteiger partial charge in [0.25, 0.3) is 0 Å². The van der Waals surface area contributed by atoms with Crippen LogP contribution in [-0.2, 0) is 15.0 Å². The van der Waals surface area contributed by atoms with Crippen molar-refractivity contribution in [3.8, 4) is 0 Å². The molecule has 8 heteroatoms. The summed E-state index contributed by atoms with van der Waals surface area (Å²) < 4.78 is 0. The van der Waals surface area contributed by atoms with Crippen LogP contribution in [-0.4, -0.2) is 34.6 Å². The van der Waals surface area contributed by atoms with Gasteiger partial charge in [-0.15, -0.1) is 10.2 Å². The molecule has 0 saturated carbocycles. The third-order valence-electron chi connectivity index (χ3n) is 2.76. The molecule has 21 heavy (non-hydrogen) atoms. The van der Waals surface area contributed by atoms with Gasteiger partial charge >= 0.3 is 0 Å². The lowest BCUT2D eigenvalue weighted by Gasteiger charge is -2.14. The molecule has 1 atom stereocenters. The van der Waals surface area contributed by atoms with Crippen LogP contribution in [0.4, 0.5) is 5.13 Å². The molecule has 4 N–H and O–H groups in total. The van der Waals surface area contributed by atoms with E-state index in [1.54, 1.807) is 0 Å². The highest BCUT2D eigenvalue weighted by Crippen LogP contribution is 2.27. The Hall–Kier alpha value is -1.54. The standard InChI is InChI=1S/C13H23N5O2S/c1-7(2)9(14)10(20)15-6-8(19)16-12-18-17-11(21-12)13(3,4)5/h7,9H,6,14H2,1-5H3,(H,15,20)(H,16,18,19)/t9-/m0/s1. The van der Waals surface area contributed by atoms with Crippen LogP contribution in [0.15, 0.2) is 0 Å². The first-order valence-electron chi connectivity index (χ1n) is 6.78. The largest absolute Gasteiger partial charge is 0.346 e. The Morgan fingerprint density at radius 2 is 1.90 bits per heavy atom. The lowest BCUT2D eigenvalue weighted by atomic mass is 9.98. The minimum atomic E-state index is -0.619. The first-order chi connectivity index (χ1) is 9.61. The van der Waals surface area contributed by atoms with Gasteiger partial charge in [0.1, 0.15) is 5.01 Å². The molecule has 0 aliphatic carbocycles. The quantitative estimate of drug-likeness (QED) is 0.747. The molecule has 0 aliphatic rings. The SMILES string of the molecule is CC(C)[C@H](N)C(=O)NCC(=O)Nc1nnc(C(C)(C)C)s1. The molecule has 0 saturated heterocycles. The Bertz CT molecular complexity index is 507. The number of nitrogens with zero attached hydrogens (tertiary/aromatic N) is 2. The molecule has 0 aromatic carbocycles. The highest BCUT2D eigenvalue weighted by atomic mass is 32.1.